The molecule has 19 heavy (non-hydrogen) atoms. The van der Waals surface area contributed by atoms with Crippen molar-refractivity contribution < 1.29 is 0 Å². The summed E-state index contributed by atoms with van der Waals surface area (Å²) in [6.07, 6.45) is 4.15. The van der Waals surface area contributed by atoms with Crippen LogP contribution in [0.2, 0.25) is 0 Å². The zero-order valence-electron chi connectivity index (χ0n) is 11.3. The molecule has 0 bridgehead atoms. The Morgan fingerprint density at radius 2 is 2.37 bits per heavy atom. The van der Waals surface area contributed by atoms with Gasteiger partial charge in [-0.3, -0.25) is 4.79 Å². The van der Waals surface area contributed by atoms with Crippen LogP contribution in [-0.2, 0) is 13.0 Å². The molecule has 0 amide bonds. The van der Waals surface area contributed by atoms with E-state index in [0.29, 0.717) is 0 Å². The zero-order chi connectivity index (χ0) is 13.6. The van der Waals surface area contributed by atoms with Crippen molar-refractivity contribution in [2.45, 2.75) is 39.3 Å². The largest absolute Gasteiger partial charge is 0.345 e. The van der Waals surface area contributed by atoms with E-state index in [1.54, 1.807) is 0 Å². The van der Waals surface area contributed by atoms with Crippen LogP contribution in [-0.4, -0.2) is 9.55 Å². The highest BCUT2D eigenvalue weighted by Gasteiger charge is 2.32. The number of rotatable bonds is 2. The molecule has 0 aliphatic heterocycles. The average Bonchev–Trinajstić information content (AvgIpc) is 2.86. The van der Waals surface area contributed by atoms with Gasteiger partial charge in [-0.25, -0.2) is 0 Å². The highest BCUT2D eigenvalue weighted by Crippen LogP contribution is 2.40. The van der Waals surface area contributed by atoms with Crippen LogP contribution in [0.4, 0.5) is 0 Å². The molecule has 0 aromatic carbocycles. The maximum Gasteiger partial charge on any atom is 0.304 e. The predicted molar refractivity (Wildman–Crippen MR) is 77.5 cm³/mol. The van der Waals surface area contributed by atoms with Crippen LogP contribution in [0.5, 0.6) is 0 Å². The van der Waals surface area contributed by atoms with Gasteiger partial charge in [-0.1, -0.05) is 25.2 Å². The van der Waals surface area contributed by atoms with Gasteiger partial charge in [-0.15, -0.1) is 0 Å². The van der Waals surface area contributed by atoms with E-state index in [1.165, 1.54) is 22.6 Å². The normalized spacial score (nSPS) is 21.3. The quantitative estimate of drug-likeness (QED) is 0.884. The van der Waals surface area contributed by atoms with E-state index in [2.05, 4.69) is 35.7 Å². The molecule has 3 rings (SSSR count). The van der Waals surface area contributed by atoms with Gasteiger partial charge in [0.15, 0.2) is 0 Å². The lowest BCUT2D eigenvalue weighted by Gasteiger charge is -2.34. The first-order valence-electron chi connectivity index (χ1n) is 6.55. The van der Waals surface area contributed by atoms with Crippen LogP contribution in [0.15, 0.2) is 22.4 Å². The number of nitrogens with two attached hydrogens (primary N) is 1. The van der Waals surface area contributed by atoms with Gasteiger partial charge >= 0.3 is 4.87 Å². The summed E-state index contributed by atoms with van der Waals surface area (Å²) in [7, 11) is 0. The molecule has 4 nitrogen and oxygen atoms in total. The van der Waals surface area contributed by atoms with E-state index in [9.17, 15) is 4.79 Å². The van der Waals surface area contributed by atoms with Gasteiger partial charge in [-0.2, -0.15) is 0 Å². The second-order valence-corrected chi connectivity index (χ2v) is 7.01. The summed E-state index contributed by atoms with van der Waals surface area (Å²) in [6, 6.07) is 2.25. The Hall–Kier alpha value is -1.33. The molecule has 2 heterocycles. The molecule has 0 radical (unpaired) electrons. The van der Waals surface area contributed by atoms with E-state index in [4.69, 9.17) is 5.73 Å². The van der Waals surface area contributed by atoms with Gasteiger partial charge in [0.2, 0.25) is 0 Å². The van der Waals surface area contributed by atoms with Crippen LogP contribution in [0.3, 0.4) is 0 Å². The Labute approximate surface area is 116 Å². The summed E-state index contributed by atoms with van der Waals surface area (Å²) in [5, 5.41) is 1.89. The summed E-state index contributed by atoms with van der Waals surface area (Å²) in [5.41, 5.74) is 10.0. The van der Waals surface area contributed by atoms with Gasteiger partial charge in [0.1, 0.15) is 0 Å². The molecule has 1 unspecified atom stereocenters. The summed E-state index contributed by atoms with van der Waals surface area (Å²) >= 11 is 1.21. The fourth-order valence-corrected chi connectivity index (χ4v) is 3.59. The minimum absolute atomic E-state index is 0.00746. The molecule has 0 fully saturated rings. The maximum absolute atomic E-state index is 11.2. The molecule has 1 atom stereocenters. The minimum Gasteiger partial charge on any atom is -0.345 e. The van der Waals surface area contributed by atoms with E-state index in [0.717, 1.165) is 25.1 Å². The zero-order valence-corrected chi connectivity index (χ0v) is 12.1. The molecule has 2 aromatic heterocycles. The van der Waals surface area contributed by atoms with Gasteiger partial charge < -0.3 is 15.3 Å². The monoisotopic (exact) mass is 277 g/mol. The molecule has 2 aromatic rings. The second-order valence-electron chi connectivity index (χ2n) is 6.17. The molecule has 1 aliphatic carbocycles. The van der Waals surface area contributed by atoms with Crippen molar-refractivity contribution in [3.8, 4) is 0 Å². The third-order valence-corrected chi connectivity index (χ3v) is 4.56. The molecule has 0 spiro atoms. The number of nitrogens with zero attached hydrogens (tertiary/aromatic N) is 1. The number of nitrogens with one attached hydrogen (secondary N) is 1. The number of H-pyrrole nitrogens is 1. The maximum atomic E-state index is 11.2. The lowest BCUT2D eigenvalue weighted by Crippen LogP contribution is -2.30. The van der Waals surface area contributed by atoms with Crippen LogP contribution < -0.4 is 10.6 Å². The standard InChI is InChI=1S/C14H19N3OS/c1-14(2)5-11(15)10-3-4-17(12(10)6-14)7-9-8-19-13(18)16-9/h3-4,8,11H,5-7,15H2,1-2H3,(H,16,18). The van der Waals surface area contributed by atoms with Gasteiger partial charge in [0, 0.05) is 29.0 Å². The van der Waals surface area contributed by atoms with Gasteiger partial charge in [-0.05, 0) is 29.9 Å². The number of hydrogen-bond acceptors (Lipinski definition) is 3. The number of fused-ring (bicyclic) bond motifs is 1. The third kappa shape index (κ3) is 2.40. The lowest BCUT2D eigenvalue weighted by atomic mass is 9.74. The number of aromatic nitrogens is 2. The summed E-state index contributed by atoms with van der Waals surface area (Å²) < 4.78 is 2.22. The fourth-order valence-electron chi connectivity index (χ4n) is 3.02. The smallest absolute Gasteiger partial charge is 0.304 e. The van der Waals surface area contributed by atoms with E-state index in [1.807, 2.05) is 5.38 Å². The Morgan fingerprint density at radius 1 is 1.58 bits per heavy atom. The number of aromatic amines is 1. The van der Waals surface area contributed by atoms with Crippen molar-refractivity contribution in [3.05, 3.63) is 44.3 Å². The molecule has 5 heteroatoms. The molecule has 102 valence electrons. The SMILES string of the molecule is CC1(C)Cc2c(ccn2Cc2csc(=O)[nH]2)C(N)C1. The average molecular weight is 277 g/mol. The van der Waals surface area contributed by atoms with Crippen molar-refractivity contribution in [1.29, 1.82) is 0 Å². The Morgan fingerprint density at radius 3 is 3.05 bits per heavy atom. The fraction of sp³-hybridized carbons (Fsp3) is 0.500. The van der Waals surface area contributed by atoms with Crippen molar-refractivity contribution >= 4 is 11.3 Å². The van der Waals surface area contributed by atoms with Gasteiger partial charge in [0.05, 0.1) is 6.54 Å². The number of thiazole rings is 1. The van der Waals surface area contributed by atoms with E-state index < -0.39 is 0 Å². The first-order chi connectivity index (χ1) is 8.94. The molecule has 1 aliphatic rings. The lowest BCUT2D eigenvalue weighted by molar-refractivity contribution is 0.276. The van der Waals surface area contributed by atoms with Crippen LogP contribution >= 0.6 is 11.3 Å². The van der Waals surface area contributed by atoms with Crippen LogP contribution in [0.25, 0.3) is 0 Å². The summed E-state index contributed by atoms with van der Waals surface area (Å²) in [5.74, 6) is 0. The molecule has 3 N–H and O–H groups in total. The van der Waals surface area contributed by atoms with Gasteiger partial charge in [0.25, 0.3) is 0 Å². The Kier molecular flexibility index (Phi) is 2.91. The van der Waals surface area contributed by atoms with Crippen LogP contribution in [0.1, 0.15) is 43.3 Å². The summed E-state index contributed by atoms with van der Waals surface area (Å²) in [4.78, 5) is 14.1. The van der Waals surface area contributed by atoms with Crippen molar-refractivity contribution in [1.82, 2.24) is 9.55 Å². The third-order valence-electron chi connectivity index (χ3n) is 3.84. The van der Waals surface area contributed by atoms with Crippen molar-refractivity contribution in [3.63, 3.8) is 0 Å². The Balaban J connectivity index is 1.94. The van der Waals surface area contributed by atoms with Crippen molar-refractivity contribution in [2.24, 2.45) is 11.1 Å². The first kappa shape index (κ1) is 12.7. The van der Waals surface area contributed by atoms with Crippen LogP contribution in [0, 0.1) is 5.41 Å². The van der Waals surface area contributed by atoms with Crippen molar-refractivity contribution in [2.75, 3.05) is 0 Å². The second kappa shape index (κ2) is 4.35. The molecule has 0 saturated heterocycles. The molecule has 0 saturated carbocycles. The highest BCUT2D eigenvalue weighted by molar-refractivity contribution is 7.07. The predicted octanol–water partition coefficient (Wildman–Crippen LogP) is 2.26. The first-order valence-corrected chi connectivity index (χ1v) is 7.43. The topological polar surface area (TPSA) is 63.8 Å². The summed E-state index contributed by atoms with van der Waals surface area (Å²) in [6.45, 7) is 5.25. The van der Waals surface area contributed by atoms with E-state index >= 15 is 0 Å². The molecular weight excluding hydrogens is 258 g/mol. The Bertz CT molecular complexity index is 650. The van der Waals surface area contributed by atoms with E-state index in [-0.39, 0.29) is 16.3 Å². The number of hydrogen-bond donors (Lipinski definition) is 2. The molecular formula is C14H19N3OS. The highest BCUT2D eigenvalue weighted by atomic mass is 32.1. The minimum atomic E-state index is 0.00746.